The van der Waals surface area contributed by atoms with Gasteiger partial charge >= 0.3 is 0 Å². The molecule has 14 heavy (non-hydrogen) atoms. The van der Waals surface area contributed by atoms with Crippen molar-refractivity contribution in [2.45, 2.75) is 59.9 Å². The molecule has 88 valence electrons. The van der Waals surface area contributed by atoms with Gasteiger partial charge in [-0.1, -0.05) is 21.3 Å². The molecule has 0 aromatic heterocycles. The second-order valence-electron chi connectivity index (χ2n) is 2.69. The van der Waals surface area contributed by atoms with Crippen molar-refractivity contribution in [1.29, 1.82) is 0 Å². The molecule has 2 aliphatic rings. The van der Waals surface area contributed by atoms with Crippen LogP contribution in [-0.2, 0) is 4.79 Å². The minimum atomic E-state index is 0. The van der Waals surface area contributed by atoms with Crippen LogP contribution >= 0.6 is 0 Å². The third-order valence-electron chi connectivity index (χ3n) is 1.08. The van der Waals surface area contributed by atoms with Crippen LogP contribution in [0.5, 0.6) is 0 Å². The van der Waals surface area contributed by atoms with Gasteiger partial charge in [0.2, 0.25) is 0 Å². The summed E-state index contributed by atoms with van der Waals surface area (Å²) in [4.78, 5) is 9.56. The molecule has 0 bridgehead atoms. The first-order valence-corrected chi connectivity index (χ1v) is 5.08. The molecule has 0 aliphatic heterocycles. The number of ketones is 1. The van der Waals surface area contributed by atoms with E-state index in [0.29, 0.717) is 11.8 Å². The molecule has 2 fully saturated rings. The Morgan fingerprint density at radius 3 is 1.50 bits per heavy atom. The number of aliphatic hydroxyl groups is 1. The lowest BCUT2D eigenvalue weighted by molar-refractivity contribution is -0.109. The summed E-state index contributed by atoms with van der Waals surface area (Å²) in [6, 6.07) is 0.583. The van der Waals surface area contributed by atoms with Gasteiger partial charge in [-0.2, -0.15) is 0 Å². The lowest BCUT2D eigenvalue weighted by atomic mass is 10.8. The van der Waals surface area contributed by atoms with E-state index in [4.69, 9.17) is 10.8 Å². The minimum absolute atomic E-state index is 0. The maximum atomic E-state index is 9.56. The van der Waals surface area contributed by atoms with Crippen LogP contribution in [0.15, 0.2) is 0 Å². The van der Waals surface area contributed by atoms with Crippen LogP contribution in [-0.4, -0.2) is 23.5 Å². The van der Waals surface area contributed by atoms with Gasteiger partial charge < -0.3 is 10.8 Å². The summed E-state index contributed by atoms with van der Waals surface area (Å²) >= 11 is 0. The van der Waals surface area contributed by atoms with Crippen molar-refractivity contribution in [2.75, 3.05) is 6.61 Å². The van der Waals surface area contributed by atoms with Gasteiger partial charge in [-0.25, -0.2) is 0 Å². The molecule has 0 aromatic carbocycles. The van der Waals surface area contributed by atoms with Crippen molar-refractivity contribution < 1.29 is 9.90 Å². The van der Waals surface area contributed by atoms with Gasteiger partial charge in [-0.3, -0.25) is 4.79 Å². The largest absolute Gasteiger partial charge is 0.397 e. The highest BCUT2D eigenvalue weighted by Gasteiger charge is 2.13. The number of aliphatic hydroxyl groups excluding tert-OH is 1. The van der Waals surface area contributed by atoms with E-state index < -0.39 is 0 Å². The quantitative estimate of drug-likeness (QED) is 0.636. The summed E-state index contributed by atoms with van der Waals surface area (Å²) in [5.41, 5.74) is 5.22. The molecular formula is C11H27NO2. The van der Waals surface area contributed by atoms with E-state index in [-0.39, 0.29) is 14.0 Å². The molecule has 3 nitrogen and oxygen atoms in total. The zero-order valence-electron chi connectivity index (χ0n) is 9.05. The highest BCUT2D eigenvalue weighted by Crippen LogP contribution is 2.13. The molecule has 0 amide bonds. The van der Waals surface area contributed by atoms with Crippen molar-refractivity contribution in [3.05, 3.63) is 0 Å². The molecule has 3 N–H and O–H groups in total. The average Bonchev–Trinajstić information content (AvgIpc) is 2.99. The van der Waals surface area contributed by atoms with Crippen LogP contribution in [0, 0.1) is 0 Å². The first kappa shape index (κ1) is 19.2. The van der Waals surface area contributed by atoms with Gasteiger partial charge in [0, 0.05) is 25.5 Å². The summed E-state index contributed by atoms with van der Waals surface area (Å²) in [5.74, 6) is 0.417. The fourth-order valence-electron chi connectivity index (χ4n) is 0.147. The predicted molar refractivity (Wildman–Crippen MR) is 62.3 cm³/mol. The Balaban J connectivity index is -0.000000117. The van der Waals surface area contributed by atoms with E-state index in [1.807, 2.05) is 13.8 Å². The molecule has 2 aliphatic carbocycles. The monoisotopic (exact) mass is 205 g/mol. The van der Waals surface area contributed by atoms with Crippen molar-refractivity contribution in [2.24, 2.45) is 5.73 Å². The standard InChI is InChI=1S/C3H7N.C3H4O.C2H6O.C2H6.CH4/c2*4-3-1-2-3;1-2-3;1-2;/h3H,1-2,4H2;1-2H2;3H,2H2,1H3;1-2H3;1H4. The number of nitrogens with two attached hydrogens (primary N) is 1. The summed E-state index contributed by atoms with van der Waals surface area (Å²) in [6.07, 6.45) is 4.22. The molecule has 0 unspecified atom stereocenters. The van der Waals surface area contributed by atoms with E-state index >= 15 is 0 Å². The van der Waals surface area contributed by atoms with Crippen LogP contribution in [0.2, 0.25) is 0 Å². The third kappa shape index (κ3) is 41.6. The third-order valence-corrected chi connectivity index (χ3v) is 1.08. The number of carbonyl (C=O) groups excluding carboxylic acids is 1. The molecule has 0 spiro atoms. The van der Waals surface area contributed by atoms with Gasteiger partial charge in [0.25, 0.3) is 0 Å². The number of rotatable bonds is 0. The zero-order valence-corrected chi connectivity index (χ0v) is 9.05. The van der Waals surface area contributed by atoms with Gasteiger partial charge in [0.05, 0.1) is 0 Å². The number of Topliss-reactive ketones (excluding diaryl/α,β-unsaturated/α-hetero) is 1. The van der Waals surface area contributed by atoms with E-state index in [1.54, 1.807) is 6.92 Å². The fourth-order valence-corrected chi connectivity index (χ4v) is 0.147. The van der Waals surface area contributed by atoms with Crippen molar-refractivity contribution >= 4 is 5.78 Å². The Morgan fingerprint density at radius 2 is 1.50 bits per heavy atom. The maximum absolute atomic E-state index is 9.56. The summed E-state index contributed by atoms with van der Waals surface area (Å²) < 4.78 is 0. The van der Waals surface area contributed by atoms with E-state index in [9.17, 15) is 4.79 Å². The minimum Gasteiger partial charge on any atom is -0.397 e. The molecule has 2 rings (SSSR count). The predicted octanol–water partition coefficient (Wildman–Crippen LogP) is 2.12. The maximum Gasteiger partial charge on any atom is 0.133 e. The Hall–Kier alpha value is -0.410. The topological polar surface area (TPSA) is 63.3 Å². The van der Waals surface area contributed by atoms with Gasteiger partial charge in [-0.05, 0) is 19.8 Å². The Bertz CT molecular complexity index is 106. The van der Waals surface area contributed by atoms with Gasteiger partial charge in [0.1, 0.15) is 5.78 Å². The number of carbonyl (C=O) groups is 1. The molecule has 0 saturated heterocycles. The highest BCUT2D eigenvalue weighted by atomic mass is 16.2. The smallest absolute Gasteiger partial charge is 0.133 e. The van der Waals surface area contributed by atoms with E-state index in [0.717, 1.165) is 12.8 Å². The van der Waals surface area contributed by atoms with Crippen LogP contribution in [0.1, 0.15) is 53.9 Å². The van der Waals surface area contributed by atoms with E-state index in [2.05, 4.69) is 0 Å². The second-order valence-corrected chi connectivity index (χ2v) is 2.69. The first-order valence-electron chi connectivity index (χ1n) is 5.08. The summed E-state index contributed by atoms with van der Waals surface area (Å²) in [6.45, 7) is 5.93. The lowest BCUT2D eigenvalue weighted by Gasteiger charge is -1.58. The molecule has 3 heteroatoms. The average molecular weight is 205 g/mol. The normalized spacial score (nSPS) is 15.4. The Labute approximate surface area is 88.7 Å². The molecular weight excluding hydrogens is 178 g/mol. The zero-order chi connectivity index (χ0) is 10.7. The first-order chi connectivity index (χ1) is 6.20. The number of hydrogen-bond acceptors (Lipinski definition) is 3. The number of hydrogen-bond donors (Lipinski definition) is 2. The summed E-state index contributed by atoms with van der Waals surface area (Å²) in [5, 5.41) is 7.57. The van der Waals surface area contributed by atoms with Crippen LogP contribution < -0.4 is 5.73 Å². The Kier molecular flexibility index (Phi) is 20.7. The highest BCUT2D eigenvalue weighted by molar-refractivity contribution is 5.92. The van der Waals surface area contributed by atoms with Crippen LogP contribution in [0.3, 0.4) is 0 Å². The fraction of sp³-hybridized carbons (Fsp3) is 0.909. The van der Waals surface area contributed by atoms with Gasteiger partial charge in [-0.15, -0.1) is 0 Å². The van der Waals surface area contributed by atoms with Crippen molar-refractivity contribution in [1.82, 2.24) is 0 Å². The molecule has 0 atom stereocenters. The van der Waals surface area contributed by atoms with Crippen molar-refractivity contribution in [3.63, 3.8) is 0 Å². The SMILES string of the molecule is C.CC.CCO.NC1CC1.O=C1CC1. The molecule has 0 heterocycles. The molecule has 2 saturated carbocycles. The van der Waals surface area contributed by atoms with Gasteiger partial charge in [0.15, 0.2) is 0 Å². The van der Waals surface area contributed by atoms with E-state index in [1.165, 1.54) is 12.8 Å². The van der Waals surface area contributed by atoms with Crippen LogP contribution in [0.25, 0.3) is 0 Å². The lowest BCUT2D eigenvalue weighted by Crippen LogP contribution is -1.94. The Morgan fingerprint density at radius 1 is 1.36 bits per heavy atom. The summed E-state index contributed by atoms with van der Waals surface area (Å²) in [7, 11) is 0. The molecule has 0 radical (unpaired) electrons. The second kappa shape index (κ2) is 15.1. The van der Waals surface area contributed by atoms with Crippen molar-refractivity contribution in [3.8, 4) is 0 Å². The molecule has 0 aromatic rings. The van der Waals surface area contributed by atoms with Crippen LogP contribution in [0.4, 0.5) is 0 Å².